The van der Waals surface area contributed by atoms with Crippen LogP contribution in [0.3, 0.4) is 0 Å². The van der Waals surface area contributed by atoms with Crippen molar-refractivity contribution in [3.05, 3.63) is 47.3 Å². The van der Waals surface area contributed by atoms with Gasteiger partial charge in [-0.25, -0.2) is 14.1 Å². The fourth-order valence-corrected chi connectivity index (χ4v) is 2.76. The second kappa shape index (κ2) is 8.17. The molecule has 1 fully saturated rings. The van der Waals surface area contributed by atoms with Gasteiger partial charge in [0, 0.05) is 26.6 Å². The van der Waals surface area contributed by atoms with Crippen molar-refractivity contribution in [1.82, 2.24) is 25.0 Å². The van der Waals surface area contributed by atoms with Crippen molar-refractivity contribution in [2.24, 2.45) is 0 Å². The van der Waals surface area contributed by atoms with E-state index in [-0.39, 0.29) is 11.7 Å². The lowest BCUT2D eigenvalue weighted by atomic mass is 10.2. The highest BCUT2D eigenvalue weighted by Crippen LogP contribution is 2.10. The van der Waals surface area contributed by atoms with Crippen LogP contribution in [0.15, 0.2) is 24.3 Å². The maximum atomic E-state index is 13.1. The molecule has 3 rings (SSSR count). The van der Waals surface area contributed by atoms with E-state index in [1.165, 1.54) is 12.1 Å². The van der Waals surface area contributed by atoms with Crippen LogP contribution in [0.1, 0.15) is 17.2 Å². The number of aromatic nitrogens is 3. The molecule has 134 valence electrons. The van der Waals surface area contributed by atoms with Gasteiger partial charge in [0.15, 0.2) is 5.82 Å². The first-order chi connectivity index (χ1) is 12.1. The molecule has 0 spiro atoms. The Hall–Kier alpha value is -2.32. The SMILES string of the molecule is COCCc1nc(CN2CCNC(=O)C2)n(Cc2ccc(F)cc2)n1. The molecule has 1 amide bonds. The third kappa shape index (κ3) is 4.83. The van der Waals surface area contributed by atoms with Crippen molar-refractivity contribution in [3.8, 4) is 0 Å². The van der Waals surface area contributed by atoms with Crippen LogP contribution in [0.25, 0.3) is 0 Å². The zero-order valence-electron chi connectivity index (χ0n) is 14.2. The normalized spacial score (nSPS) is 15.4. The minimum atomic E-state index is -0.261. The minimum absolute atomic E-state index is 0.0236. The number of nitrogens with zero attached hydrogens (tertiary/aromatic N) is 4. The van der Waals surface area contributed by atoms with E-state index in [1.54, 1.807) is 19.2 Å². The Kier molecular flexibility index (Phi) is 5.72. The van der Waals surface area contributed by atoms with E-state index in [9.17, 15) is 9.18 Å². The van der Waals surface area contributed by atoms with E-state index < -0.39 is 0 Å². The van der Waals surface area contributed by atoms with Gasteiger partial charge < -0.3 is 10.1 Å². The van der Waals surface area contributed by atoms with Crippen LogP contribution in [-0.4, -0.2) is 58.9 Å². The number of carbonyl (C=O) groups is 1. The molecule has 7 nitrogen and oxygen atoms in total. The summed E-state index contributed by atoms with van der Waals surface area (Å²) in [6.45, 7) is 3.39. The quantitative estimate of drug-likeness (QED) is 0.794. The second-order valence-electron chi connectivity index (χ2n) is 6.03. The van der Waals surface area contributed by atoms with E-state index >= 15 is 0 Å². The van der Waals surface area contributed by atoms with Crippen LogP contribution in [-0.2, 0) is 29.0 Å². The molecular weight excluding hydrogens is 325 g/mol. The van der Waals surface area contributed by atoms with Gasteiger partial charge in [0.25, 0.3) is 0 Å². The molecule has 0 radical (unpaired) electrons. The van der Waals surface area contributed by atoms with Gasteiger partial charge >= 0.3 is 0 Å². The van der Waals surface area contributed by atoms with E-state index in [4.69, 9.17) is 4.74 Å². The number of rotatable bonds is 7. The second-order valence-corrected chi connectivity index (χ2v) is 6.03. The number of piperazine rings is 1. The van der Waals surface area contributed by atoms with Crippen LogP contribution in [0.4, 0.5) is 4.39 Å². The Morgan fingerprint density at radius 3 is 2.80 bits per heavy atom. The number of ether oxygens (including phenoxy) is 1. The first-order valence-electron chi connectivity index (χ1n) is 8.29. The fraction of sp³-hybridized carbons (Fsp3) is 0.471. The maximum absolute atomic E-state index is 13.1. The summed E-state index contributed by atoms with van der Waals surface area (Å²) in [5.41, 5.74) is 0.947. The highest BCUT2D eigenvalue weighted by Gasteiger charge is 2.19. The Morgan fingerprint density at radius 2 is 2.08 bits per heavy atom. The molecule has 1 aliphatic heterocycles. The molecule has 2 heterocycles. The molecule has 0 bridgehead atoms. The fourth-order valence-electron chi connectivity index (χ4n) is 2.76. The van der Waals surface area contributed by atoms with Gasteiger partial charge in [-0.3, -0.25) is 9.69 Å². The monoisotopic (exact) mass is 347 g/mol. The average molecular weight is 347 g/mol. The lowest BCUT2D eigenvalue weighted by molar-refractivity contribution is -0.124. The number of nitrogens with one attached hydrogen (secondary N) is 1. The van der Waals surface area contributed by atoms with Gasteiger partial charge in [-0.05, 0) is 17.7 Å². The predicted molar refractivity (Wildman–Crippen MR) is 89.4 cm³/mol. The Morgan fingerprint density at radius 1 is 1.28 bits per heavy atom. The van der Waals surface area contributed by atoms with Crippen molar-refractivity contribution in [2.45, 2.75) is 19.5 Å². The van der Waals surface area contributed by atoms with E-state index in [2.05, 4.69) is 15.4 Å². The molecule has 25 heavy (non-hydrogen) atoms. The van der Waals surface area contributed by atoms with Gasteiger partial charge in [0.2, 0.25) is 5.91 Å². The van der Waals surface area contributed by atoms with Crippen molar-refractivity contribution in [3.63, 3.8) is 0 Å². The standard InChI is InChI=1S/C17H22FN5O2/c1-25-9-6-15-20-16(11-22-8-7-19-17(24)12-22)23(21-15)10-13-2-4-14(18)5-3-13/h2-5H,6-12H2,1H3,(H,19,24). The lowest BCUT2D eigenvalue weighted by Crippen LogP contribution is -2.47. The predicted octanol–water partition coefficient (Wildman–Crippen LogP) is 0.586. The van der Waals surface area contributed by atoms with Gasteiger partial charge in [-0.2, -0.15) is 5.10 Å². The van der Waals surface area contributed by atoms with Crippen molar-refractivity contribution >= 4 is 5.91 Å². The lowest BCUT2D eigenvalue weighted by Gasteiger charge is -2.25. The van der Waals surface area contributed by atoms with Crippen molar-refractivity contribution in [1.29, 1.82) is 0 Å². The number of benzene rings is 1. The zero-order chi connectivity index (χ0) is 17.6. The number of carbonyl (C=O) groups excluding carboxylic acids is 1. The molecule has 2 aromatic rings. The molecule has 0 unspecified atom stereocenters. The summed E-state index contributed by atoms with van der Waals surface area (Å²) in [7, 11) is 1.64. The van der Waals surface area contributed by atoms with Gasteiger partial charge in [0.05, 0.1) is 26.2 Å². The molecule has 1 saturated heterocycles. The van der Waals surface area contributed by atoms with Crippen LogP contribution >= 0.6 is 0 Å². The highest BCUT2D eigenvalue weighted by molar-refractivity contribution is 5.78. The summed E-state index contributed by atoms with van der Waals surface area (Å²) in [6.07, 6.45) is 0.625. The van der Waals surface area contributed by atoms with Crippen LogP contribution in [0, 0.1) is 5.82 Å². The molecule has 1 aromatic carbocycles. The summed E-state index contributed by atoms with van der Waals surface area (Å²) < 4.78 is 20.0. The van der Waals surface area contributed by atoms with Gasteiger partial charge in [-0.1, -0.05) is 12.1 Å². The maximum Gasteiger partial charge on any atom is 0.234 e. The summed E-state index contributed by atoms with van der Waals surface area (Å²) in [5.74, 6) is 1.27. The molecule has 0 aliphatic carbocycles. The highest BCUT2D eigenvalue weighted by atomic mass is 19.1. The molecule has 1 N–H and O–H groups in total. The minimum Gasteiger partial charge on any atom is -0.384 e. The summed E-state index contributed by atoms with van der Waals surface area (Å²) in [6, 6.07) is 6.35. The Labute approximate surface area is 145 Å². The first-order valence-corrected chi connectivity index (χ1v) is 8.29. The molecule has 0 atom stereocenters. The molecule has 1 aliphatic rings. The number of hydrogen-bond acceptors (Lipinski definition) is 5. The van der Waals surface area contributed by atoms with E-state index in [0.717, 1.165) is 17.9 Å². The molecule has 8 heteroatoms. The van der Waals surface area contributed by atoms with Crippen LogP contribution < -0.4 is 5.32 Å². The molecule has 1 aromatic heterocycles. The summed E-state index contributed by atoms with van der Waals surface area (Å²) in [5, 5.41) is 7.37. The van der Waals surface area contributed by atoms with Gasteiger partial charge in [-0.15, -0.1) is 0 Å². The van der Waals surface area contributed by atoms with Crippen LogP contribution in [0.2, 0.25) is 0 Å². The van der Waals surface area contributed by atoms with E-state index in [1.807, 2.05) is 9.58 Å². The smallest absolute Gasteiger partial charge is 0.234 e. The number of hydrogen-bond donors (Lipinski definition) is 1. The summed E-state index contributed by atoms with van der Waals surface area (Å²) >= 11 is 0. The molecule has 0 saturated carbocycles. The Bertz CT molecular complexity index is 716. The summed E-state index contributed by atoms with van der Waals surface area (Å²) in [4.78, 5) is 18.2. The van der Waals surface area contributed by atoms with E-state index in [0.29, 0.717) is 45.0 Å². The Balaban J connectivity index is 1.77. The van der Waals surface area contributed by atoms with Crippen molar-refractivity contribution < 1.29 is 13.9 Å². The zero-order valence-corrected chi connectivity index (χ0v) is 14.2. The third-order valence-corrected chi connectivity index (χ3v) is 4.05. The first kappa shape index (κ1) is 17.5. The van der Waals surface area contributed by atoms with Crippen molar-refractivity contribution in [2.75, 3.05) is 33.4 Å². The van der Waals surface area contributed by atoms with Crippen LogP contribution in [0.5, 0.6) is 0 Å². The van der Waals surface area contributed by atoms with Gasteiger partial charge in [0.1, 0.15) is 11.6 Å². The topological polar surface area (TPSA) is 72.3 Å². The third-order valence-electron chi connectivity index (χ3n) is 4.05. The number of amides is 1. The molecular formula is C17H22FN5O2. The largest absolute Gasteiger partial charge is 0.384 e. The number of halogens is 1. The number of methoxy groups -OCH3 is 1. The average Bonchev–Trinajstić information content (AvgIpc) is 2.96.